The van der Waals surface area contributed by atoms with Crippen LogP contribution in [0.15, 0.2) is 29.5 Å². The van der Waals surface area contributed by atoms with Crippen molar-refractivity contribution in [2.75, 3.05) is 7.11 Å². The predicted molar refractivity (Wildman–Crippen MR) is 112 cm³/mol. The Balaban J connectivity index is 2.23. The van der Waals surface area contributed by atoms with Gasteiger partial charge in [0.25, 0.3) is 0 Å². The van der Waals surface area contributed by atoms with E-state index >= 15 is 0 Å². The standard InChI is InChI=1S/C24H30O6/c1-23(2)9-14(25)20(15(26)10-23)19(13-7-6-8-18(30-5)22(13)29)21-16(27)11-24(3,4)12-17(21)28/h6-8,19-20,27,29H,9-12H2,1-5H3. The molecule has 0 heterocycles. The second-order valence-corrected chi connectivity index (χ2v) is 10.1. The van der Waals surface area contributed by atoms with E-state index in [-0.39, 0.29) is 71.4 Å². The van der Waals surface area contributed by atoms with E-state index in [1.807, 2.05) is 27.7 Å². The molecule has 6 nitrogen and oxygen atoms in total. The average Bonchev–Trinajstić information content (AvgIpc) is 2.57. The number of ether oxygens (including phenoxy) is 1. The van der Waals surface area contributed by atoms with Crippen molar-refractivity contribution in [1.29, 1.82) is 0 Å². The van der Waals surface area contributed by atoms with Crippen molar-refractivity contribution in [2.24, 2.45) is 16.7 Å². The fourth-order valence-electron chi connectivity index (χ4n) is 4.89. The number of rotatable bonds is 4. The monoisotopic (exact) mass is 414 g/mol. The Morgan fingerprint density at radius 2 is 1.50 bits per heavy atom. The molecule has 2 aliphatic carbocycles. The largest absolute Gasteiger partial charge is 0.512 e. The number of aliphatic hydroxyl groups excluding tert-OH is 1. The van der Waals surface area contributed by atoms with Crippen LogP contribution in [0.1, 0.15) is 64.9 Å². The Morgan fingerprint density at radius 3 is 2.03 bits per heavy atom. The van der Waals surface area contributed by atoms with Crippen LogP contribution in [0.5, 0.6) is 11.5 Å². The maximum Gasteiger partial charge on any atom is 0.163 e. The lowest BCUT2D eigenvalue weighted by molar-refractivity contribution is -0.140. The summed E-state index contributed by atoms with van der Waals surface area (Å²) in [7, 11) is 1.40. The molecule has 2 aliphatic rings. The van der Waals surface area contributed by atoms with Gasteiger partial charge in [-0.05, 0) is 16.9 Å². The summed E-state index contributed by atoms with van der Waals surface area (Å²) in [4.78, 5) is 39.4. The number of carbonyl (C=O) groups excluding carboxylic acids is 3. The van der Waals surface area contributed by atoms with Crippen molar-refractivity contribution in [3.63, 3.8) is 0 Å². The van der Waals surface area contributed by atoms with Gasteiger partial charge in [0.2, 0.25) is 0 Å². The second-order valence-electron chi connectivity index (χ2n) is 10.1. The second kappa shape index (κ2) is 7.56. The number of phenolic OH excluding ortho intramolecular Hbond substituents is 1. The van der Waals surface area contributed by atoms with Crippen LogP contribution in [0.25, 0.3) is 0 Å². The summed E-state index contributed by atoms with van der Waals surface area (Å²) < 4.78 is 5.20. The highest BCUT2D eigenvalue weighted by atomic mass is 16.5. The van der Waals surface area contributed by atoms with Crippen molar-refractivity contribution in [3.05, 3.63) is 35.1 Å². The normalized spacial score (nSPS) is 22.9. The van der Waals surface area contributed by atoms with Gasteiger partial charge in [-0.25, -0.2) is 0 Å². The molecule has 0 aliphatic heterocycles. The zero-order valence-corrected chi connectivity index (χ0v) is 18.2. The maximum atomic E-state index is 13.1. The lowest BCUT2D eigenvalue weighted by atomic mass is 9.62. The molecule has 0 bridgehead atoms. The Morgan fingerprint density at radius 1 is 0.933 bits per heavy atom. The van der Waals surface area contributed by atoms with Crippen LogP contribution in [0.2, 0.25) is 0 Å². The van der Waals surface area contributed by atoms with Crippen LogP contribution in [-0.2, 0) is 14.4 Å². The first-order valence-electron chi connectivity index (χ1n) is 10.2. The molecule has 1 atom stereocenters. The topological polar surface area (TPSA) is 101 Å². The summed E-state index contributed by atoms with van der Waals surface area (Å²) in [6.45, 7) is 7.49. The third kappa shape index (κ3) is 4.00. The van der Waals surface area contributed by atoms with Crippen LogP contribution in [0.4, 0.5) is 0 Å². The van der Waals surface area contributed by atoms with Gasteiger partial charge in [-0.1, -0.05) is 39.8 Å². The van der Waals surface area contributed by atoms with Crippen molar-refractivity contribution in [3.8, 4) is 11.5 Å². The lowest BCUT2D eigenvalue weighted by Gasteiger charge is -2.39. The number of hydrogen-bond donors (Lipinski definition) is 2. The van der Waals surface area contributed by atoms with Gasteiger partial charge in [0.05, 0.1) is 13.0 Å². The fraction of sp³-hybridized carbons (Fsp3) is 0.542. The molecule has 1 unspecified atom stereocenters. The van der Waals surface area contributed by atoms with Gasteiger partial charge >= 0.3 is 0 Å². The number of carbonyl (C=O) groups is 3. The third-order valence-electron chi connectivity index (χ3n) is 6.13. The van der Waals surface area contributed by atoms with Gasteiger partial charge in [0.1, 0.15) is 17.3 Å². The van der Waals surface area contributed by atoms with Gasteiger partial charge < -0.3 is 14.9 Å². The van der Waals surface area contributed by atoms with Crippen LogP contribution in [0, 0.1) is 16.7 Å². The molecule has 1 aromatic carbocycles. The summed E-state index contributed by atoms with van der Waals surface area (Å²) in [5.74, 6) is -3.19. The number of ketones is 3. The van der Waals surface area contributed by atoms with E-state index in [9.17, 15) is 24.6 Å². The Bertz CT molecular complexity index is 917. The SMILES string of the molecule is COc1cccc(C(C2=C(O)CC(C)(C)CC2=O)C2C(=O)CC(C)(C)CC2=O)c1O. The first kappa shape index (κ1) is 22.1. The number of aliphatic hydroxyl groups is 1. The first-order chi connectivity index (χ1) is 13.9. The molecule has 1 saturated carbocycles. The molecule has 1 aromatic rings. The lowest BCUT2D eigenvalue weighted by Crippen LogP contribution is -2.43. The molecule has 162 valence electrons. The van der Waals surface area contributed by atoms with Crippen LogP contribution in [-0.4, -0.2) is 34.7 Å². The molecule has 0 aromatic heterocycles. The van der Waals surface area contributed by atoms with E-state index in [1.54, 1.807) is 18.2 Å². The number of methoxy groups -OCH3 is 1. The minimum Gasteiger partial charge on any atom is -0.512 e. The summed E-state index contributed by atoms with van der Waals surface area (Å²) in [6.07, 6.45) is 0.834. The zero-order valence-electron chi connectivity index (χ0n) is 18.2. The number of benzene rings is 1. The van der Waals surface area contributed by atoms with Crippen molar-refractivity contribution in [2.45, 2.75) is 59.3 Å². The molecule has 6 heteroatoms. The molecular formula is C24H30O6. The van der Waals surface area contributed by atoms with Crippen molar-refractivity contribution in [1.82, 2.24) is 0 Å². The minimum atomic E-state index is -1.13. The summed E-state index contributed by atoms with van der Waals surface area (Å²) >= 11 is 0. The van der Waals surface area contributed by atoms with Crippen LogP contribution in [0.3, 0.4) is 0 Å². The van der Waals surface area contributed by atoms with E-state index < -0.39 is 22.7 Å². The zero-order chi connectivity index (χ0) is 22.4. The Hall–Kier alpha value is -2.63. The molecule has 0 spiro atoms. The highest BCUT2D eigenvalue weighted by molar-refractivity contribution is 6.09. The smallest absolute Gasteiger partial charge is 0.163 e. The first-order valence-corrected chi connectivity index (χ1v) is 10.2. The Kier molecular flexibility index (Phi) is 5.56. The quantitative estimate of drug-likeness (QED) is 0.714. The summed E-state index contributed by atoms with van der Waals surface area (Å²) in [6, 6.07) is 4.77. The van der Waals surface area contributed by atoms with Crippen LogP contribution < -0.4 is 4.74 Å². The van der Waals surface area contributed by atoms with Gasteiger partial charge in [-0.3, -0.25) is 14.4 Å². The number of phenols is 1. The van der Waals surface area contributed by atoms with E-state index in [0.29, 0.717) is 0 Å². The summed E-state index contributed by atoms with van der Waals surface area (Å²) in [5, 5.41) is 21.7. The molecule has 3 rings (SSSR count). The van der Waals surface area contributed by atoms with Crippen LogP contribution >= 0.6 is 0 Å². The number of Topliss-reactive ketones (excluding diaryl/α,β-unsaturated/α-hetero) is 3. The molecular weight excluding hydrogens is 384 g/mol. The summed E-state index contributed by atoms with van der Waals surface area (Å²) in [5.41, 5.74) is -0.575. The molecule has 30 heavy (non-hydrogen) atoms. The van der Waals surface area contributed by atoms with Gasteiger partial charge in [0.15, 0.2) is 17.3 Å². The van der Waals surface area contributed by atoms with E-state index in [1.165, 1.54) is 7.11 Å². The molecule has 0 saturated heterocycles. The average molecular weight is 414 g/mol. The number of aromatic hydroxyl groups is 1. The van der Waals surface area contributed by atoms with E-state index in [0.717, 1.165) is 0 Å². The van der Waals surface area contributed by atoms with Crippen molar-refractivity contribution < 1.29 is 29.3 Å². The maximum absolute atomic E-state index is 13.1. The predicted octanol–water partition coefficient (Wildman–Crippen LogP) is 4.26. The highest BCUT2D eigenvalue weighted by Crippen LogP contribution is 2.50. The minimum absolute atomic E-state index is 0.0595. The van der Waals surface area contributed by atoms with E-state index in [4.69, 9.17) is 4.74 Å². The van der Waals surface area contributed by atoms with Gasteiger partial charge in [-0.15, -0.1) is 0 Å². The fourth-order valence-corrected chi connectivity index (χ4v) is 4.89. The molecule has 1 fully saturated rings. The Labute approximate surface area is 176 Å². The van der Waals surface area contributed by atoms with Gasteiger partial charge in [-0.2, -0.15) is 0 Å². The third-order valence-corrected chi connectivity index (χ3v) is 6.13. The molecule has 2 N–H and O–H groups in total. The number of allylic oxidation sites excluding steroid dienone is 2. The number of para-hydroxylation sites is 1. The number of hydrogen-bond acceptors (Lipinski definition) is 6. The van der Waals surface area contributed by atoms with E-state index in [2.05, 4.69) is 0 Å². The molecule has 0 amide bonds. The van der Waals surface area contributed by atoms with Crippen molar-refractivity contribution >= 4 is 17.3 Å². The van der Waals surface area contributed by atoms with Gasteiger partial charge in [0, 0.05) is 42.7 Å². The molecule has 0 radical (unpaired) electrons. The highest BCUT2D eigenvalue weighted by Gasteiger charge is 2.49.